The standard InChI is InChI=1S/C27H36O5Si2/c1-26(2,3)33(7,8)31-17-11-13-19-21(15-17)29-24-20-14-12-18(32-34(9,10)27(4,5)6)16-22(20)30-25(28)23(19)24/h11-16H,1-10H3. The van der Waals surface area contributed by atoms with Crippen LogP contribution >= 0.6 is 0 Å². The van der Waals surface area contributed by atoms with Gasteiger partial charge in [0.05, 0.1) is 5.39 Å². The van der Waals surface area contributed by atoms with E-state index in [0.717, 1.165) is 16.5 Å². The van der Waals surface area contributed by atoms with Gasteiger partial charge in [-0.3, -0.25) is 0 Å². The Morgan fingerprint density at radius 1 is 0.676 bits per heavy atom. The molecule has 2 aromatic carbocycles. The van der Waals surface area contributed by atoms with Crippen molar-refractivity contribution in [2.45, 2.75) is 77.8 Å². The third-order valence-corrected chi connectivity index (χ3v) is 16.3. The zero-order valence-corrected chi connectivity index (χ0v) is 24.0. The normalized spacial score (nSPS) is 13.7. The van der Waals surface area contributed by atoms with Gasteiger partial charge in [-0.2, -0.15) is 0 Å². The van der Waals surface area contributed by atoms with E-state index in [4.69, 9.17) is 17.7 Å². The van der Waals surface area contributed by atoms with Crippen molar-refractivity contribution in [3.8, 4) is 11.5 Å². The molecular formula is C27H36O5Si2. The quantitative estimate of drug-likeness (QED) is 0.209. The summed E-state index contributed by atoms with van der Waals surface area (Å²) in [5, 5.41) is 2.09. The summed E-state index contributed by atoms with van der Waals surface area (Å²) >= 11 is 0. The monoisotopic (exact) mass is 496 g/mol. The van der Waals surface area contributed by atoms with Crippen LogP contribution in [0.1, 0.15) is 41.5 Å². The Kier molecular flexibility index (Phi) is 5.61. The smallest absolute Gasteiger partial charge is 0.348 e. The first-order valence-corrected chi connectivity index (χ1v) is 17.6. The molecular weight excluding hydrogens is 460 g/mol. The van der Waals surface area contributed by atoms with E-state index in [0.29, 0.717) is 27.9 Å². The van der Waals surface area contributed by atoms with E-state index in [-0.39, 0.29) is 10.1 Å². The van der Waals surface area contributed by atoms with Gasteiger partial charge in [0.2, 0.25) is 16.6 Å². The Morgan fingerprint density at radius 2 is 1.12 bits per heavy atom. The maximum Gasteiger partial charge on any atom is 0.348 e. The van der Waals surface area contributed by atoms with Gasteiger partial charge in [-0.1, -0.05) is 41.5 Å². The van der Waals surface area contributed by atoms with Crippen LogP contribution in [-0.2, 0) is 0 Å². The van der Waals surface area contributed by atoms with Crippen LogP contribution < -0.4 is 14.5 Å². The van der Waals surface area contributed by atoms with Crippen molar-refractivity contribution in [2.24, 2.45) is 0 Å². The lowest BCUT2D eigenvalue weighted by Gasteiger charge is -2.36. The van der Waals surface area contributed by atoms with Crippen molar-refractivity contribution in [1.82, 2.24) is 0 Å². The average molecular weight is 497 g/mol. The van der Waals surface area contributed by atoms with Gasteiger partial charge < -0.3 is 17.7 Å². The molecule has 7 heteroatoms. The lowest BCUT2D eigenvalue weighted by molar-refractivity contribution is 0.490. The fourth-order valence-corrected chi connectivity index (χ4v) is 5.46. The summed E-state index contributed by atoms with van der Waals surface area (Å²) < 4.78 is 24.8. The molecule has 182 valence electrons. The summed E-state index contributed by atoms with van der Waals surface area (Å²) in [7, 11) is -4.02. The van der Waals surface area contributed by atoms with Gasteiger partial charge in [0, 0.05) is 17.5 Å². The molecule has 2 heterocycles. The van der Waals surface area contributed by atoms with E-state index < -0.39 is 22.3 Å². The van der Waals surface area contributed by atoms with E-state index in [1.54, 1.807) is 6.07 Å². The minimum atomic E-state index is -2.02. The molecule has 2 aromatic heterocycles. The molecule has 0 radical (unpaired) electrons. The van der Waals surface area contributed by atoms with Crippen molar-refractivity contribution >= 4 is 49.5 Å². The Balaban J connectivity index is 1.81. The second-order valence-electron chi connectivity index (χ2n) is 12.2. The highest BCUT2D eigenvalue weighted by molar-refractivity contribution is 6.75. The maximum atomic E-state index is 13.0. The topological polar surface area (TPSA) is 61.8 Å². The van der Waals surface area contributed by atoms with Gasteiger partial charge in [0.15, 0.2) is 5.58 Å². The molecule has 0 bridgehead atoms. The zero-order chi connectivity index (χ0) is 25.3. The van der Waals surface area contributed by atoms with Crippen molar-refractivity contribution in [3.63, 3.8) is 0 Å². The van der Waals surface area contributed by atoms with Gasteiger partial charge in [0.1, 0.15) is 28.1 Å². The highest BCUT2D eigenvalue weighted by Crippen LogP contribution is 2.41. The van der Waals surface area contributed by atoms with Crippen molar-refractivity contribution < 1.29 is 17.7 Å². The van der Waals surface area contributed by atoms with Gasteiger partial charge in [-0.05, 0) is 60.5 Å². The fourth-order valence-electron chi connectivity index (χ4n) is 3.42. The number of fused-ring (bicyclic) bond motifs is 5. The molecule has 0 amide bonds. The molecule has 0 saturated carbocycles. The van der Waals surface area contributed by atoms with Gasteiger partial charge in [-0.15, -0.1) is 0 Å². The van der Waals surface area contributed by atoms with Gasteiger partial charge >= 0.3 is 5.63 Å². The molecule has 0 spiro atoms. The minimum Gasteiger partial charge on any atom is -0.543 e. The molecule has 5 nitrogen and oxygen atoms in total. The molecule has 0 aliphatic carbocycles. The van der Waals surface area contributed by atoms with E-state index >= 15 is 0 Å². The molecule has 0 aliphatic rings. The third-order valence-electron chi connectivity index (χ3n) is 7.62. The van der Waals surface area contributed by atoms with Crippen LogP contribution in [0.15, 0.2) is 50.0 Å². The van der Waals surface area contributed by atoms with Crippen molar-refractivity contribution in [2.75, 3.05) is 0 Å². The van der Waals surface area contributed by atoms with Gasteiger partial charge in [0.25, 0.3) is 0 Å². The second-order valence-corrected chi connectivity index (χ2v) is 21.7. The highest BCUT2D eigenvalue weighted by Gasteiger charge is 2.40. The Labute approximate surface area is 203 Å². The van der Waals surface area contributed by atoms with E-state index in [1.807, 2.05) is 30.3 Å². The lowest BCUT2D eigenvalue weighted by atomic mass is 10.1. The van der Waals surface area contributed by atoms with Crippen LogP contribution in [0.3, 0.4) is 0 Å². The highest BCUT2D eigenvalue weighted by atomic mass is 28.4. The van der Waals surface area contributed by atoms with Crippen LogP contribution in [0.5, 0.6) is 11.5 Å². The number of rotatable bonds is 4. The Bertz CT molecular complexity index is 1450. The summed E-state index contributed by atoms with van der Waals surface area (Å²) in [6.07, 6.45) is 0. The number of hydrogen-bond donors (Lipinski definition) is 0. The minimum absolute atomic E-state index is 0.0652. The summed E-state index contributed by atoms with van der Waals surface area (Å²) in [4.78, 5) is 13.0. The maximum absolute atomic E-state index is 13.0. The van der Waals surface area contributed by atoms with Crippen LogP contribution in [0, 0.1) is 0 Å². The first kappa shape index (κ1) is 24.6. The summed E-state index contributed by atoms with van der Waals surface area (Å²) in [6.45, 7) is 22.0. The fraction of sp³-hybridized carbons (Fsp3) is 0.444. The summed E-state index contributed by atoms with van der Waals surface area (Å²) in [6, 6.07) is 11.3. The predicted molar refractivity (Wildman–Crippen MR) is 145 cm³/mol. The van der Waals surface area contributed by atoms with Crippen LogP contribution in [0.2, 0.25) is 36.3 Å². The molecule has 34 heavy (non-hydrogen) atoms. The SMILES string of the molecule is CC(C)(C)[Si](C)(C)Oc1ccc2c(c1)oc(=O)c1c3ccc(O[Si](C)(C)C(C)(C)C)cc3oc21. The van der Waals surface area contributed by atoms with E-state index in [1.165, 1.54) is 0 Å². The van der Waals surface area contributed by atoms with Gasteiger partial charge in [-0.25, -0.2) is 4.79 Å². The average Bonchev–Trinajstić information content (AvgIpc) is 3.04. The first-order chi connectivity index (χ1) is 15.5. The lowest BCUT2D eigenvalue weighted by Crippen LogP contribution is -2.43. The van der Waals surface area contributed by atoms with Crippen LogP contribution in [0.25, 0.3) is 32.9 Å². The third kappa shape index (κ3) is 4.20. The molecule has 0 saturated heterocycles. The molecule has 0 atom stereocenters. The Hall–Kier alpha value is -2.52. The summed E-state index contributed by atoms with van der Waals surface area (Å²) in [5.74, 6) is 1.47. The molecule has 0 N–H and O–H groups in total. The predicted octanol–water partition coefficient (Wildman–Crippen LogP) is 8.46. The molecule has 4 rings (SSSR count). The molecule has 0 fully saturated rings. The van der Waals surface area contributed by atoms with Crippen LogP contribution in [-0.4, -0.2) is 16.6 Å². The van der Waals surface area contributed by atoms with Crippen molar-refractivity contribution in [3.05, 3.63) is 46.8 Å². The first-order valence-electron chi connectivity index (χ1n) is 11.8. The molecule has 0 aliphatic heterocycles. The van der Waals surface area contributed by atoms with Crippen LogP contribution in [0.4, 0.5) is 0 Å². The summed E-state index contributed by atoms with van der Waals surface area (Å²) in [5.41, 5.74) is 1.20. The molecule has 4 aromatic rings. The zero-order valence-electron chi connectivity index (χ0n) is 22.0. The van der Waals surface area contributed by atoms with E-state index in [9.17, 15) is 4.79 Å². The van der Waals surface area contributed by atoms with Crippen molar-refractivity contribution in [1.29, 1.82) is 0 Å². The second kappa shape index (κ2) is 7.75. The Morgan fingerprint density at radius 3 is 1.59 bits per heavy atom. The number of hydrogen-bond acceptors (Lipinski definition) is 5. The van der Waals surface area contributed by atoms with E-state index in [2.05, 4.69) is 67.7 Å². The number of furan rings is 1. The number of benzene rings is 2. The molecule has 0 unspecified atom stereocenters. The largest absolute Gasteiger partial charge is 0.543 e.